The Labute approximate surface area is 92.0 Å². The van der Waals surface area contributed by atoms with Crippen LogP contribution in [0.25, 0.3) is 0 Å². The van der Waals surface area contributed by atoms with Gasteiger partial charge in [-0.1, -0.05) is 48.6 Å². The van der Waals surface area contributed by atoms with Crippen molar-refractivity contribution >= 4 is 0 Å². The molecule has 1 aromatic rings. The third kappa shape index (κ3) is 3.29. The zero-order chi connectivity index (χ0) is 10.3. The largest absolute Gasteiger partial charge is 0.0903 e. The Morgan fingerprint density at radius 1 is 1.07 bits per heavy atom. The van der Waals surface area contributed by atoms with E-state index in [-0.39, 0.29) is 0 Å². The molecule has 0 spiro atoms. The van der Waals surface area contributed by atoms with Gasteiger partial charge in [0.1, 0.15) is 0 Å². The molecule has 76 valence electrons. The molecule has 0 fully saturated rings. The van der Waals surface area contributed by atoms with E-state index in [1.54, 1.807) is 0 Å². The summed E-state index contributed by atoms with van der Waals surface area (Å²) in [5.41, 5.74) is 1.12. The fourth-order valence-corrected chi connectivity index (χ4v) is 1.80. The molecule has 0 saturated heterocycles. The highest BCUT2D eigenvalue weighted by Crippen LogP contribution is 2.16. The average Bonchev–Trinajstić information content (AvgIpc) is 2.56. The molecule has 0 N–H and O–H groups in total. The zero-order valence-corrected chi connectivity index (χ0v) is 8.95. The Bertz CT molecular complexity index is 375. The topological polar surface area (TPSA) is 0 Å². The van der Waals surface area contributed by atoms with Crippen LogP contribution in [0.3, 0.4) is 0 Å². The summed E-state index contributed by atoms with van der Waals surface area (Å²) in [6, 6.07) is 10.2. The lowest BCUT2D eigenvalue weighted by Gasteiger charge is -2.00. The molecule has 1 atom stereocenters. The number of allylic oxidation sites excluding steroid dienone is 2. The predicted octanol–water partition coefficient (Wildman–Crippen LogP) is 3.78. The second kappa shape index (κ2) is 5.41. The van der Waals surface area contributed by atoms with E-state index < -0.39 is 0 Å². The molecular formula is C15H16. The maximum atomic E-state index is 3.34. The van der Waals surface area contributed by atoms with Crippen molar-refractivity contribution in [2.45, 2.75) is 25.7 Å². The van der Waals surface area contributed by atoms with Crippen LogP contribution < -0.4 is 0 Å². The molecule has 1 aliphatic carbocycles. The van der Waals surface area contributed by atoms with Crippen LogP contribution in [0.1, 0.15) is 31.2 Å². The Morgan fingerprint density at radius 2 is 1.93 bits per heavy atom. The van der Waals surface area contributed by atoms with Crippen molar-refractivity contribution in [2.75, 3.05) is 0 Å². The lowest BCUT2D eigenvalue weighted by Crippen LogP contribution is -1.90. The van der Waals surface area contributed by atoms with Crippen molar-refractivity contribution in [2.24, 2.45) is 5.92 Å². The van der Waals surface area contributed by atoms with Crippen molar-refractivity contribution in [1.29, 1.82) is 0 Å². The fraction of sp³-hybridized carbons (Fsp3) is 0.333. The third-order valence-corrected chi connectivity index (χ3v) is 2.68. The summed E-state index contributed by atoms with van der Waals surface area (Å²) in [4.78, 5) is 0. The molecule has 15 heavy (non-hydrogen) atoms. The van der Waals surface area contributed by atoms with Gasteiger partial charge in [-0.05, 0) is 31.4 Å². The van der Waals surface area contributed by atoms with E-state index >= 15 is 0 Å². The first-order chi connectivity index (χ1) is 7.45. The summed E-state index contributed by atoms with van der Waals surface area (Å²) >= 11 is 0. The first kappa shape index (κ1) is 10.1. The monoisotopic (exact) mass is 196 g/mol. The van der Waals surface area contributed by atoms with Crippen molar-refractivity contribution in [3.8, 4) is 11.8 Å². The Kier molecular flexibility index (Phi) is 3.63. The minimum Gasteiger partial charge on any atom is -0.0903 e. The van der Waals surface area contributed by atoms with Gasteiger partial charge in [-0.25, -0.2) is 0 Å². The molecule has 0 saturated carbocycles. The van der Waals surface area contributed by atoms with E-state index in [1.165, 1.54) is 25.7 Å². The quantitative estimate of drug-likeness (QED) is 0.437. The highest BCUT2D eigenvalue weighted by Gasteiger charge is 2.02. The Balaban J connectivity index is 2.04. The van der Waals surface area contributed by atoms with Crippen LogP contribution in [0.4, 0.5) is 0 Å². The van der Waals surface area contributed by atoms with Crippen molar-refractivity contribution in [3.63, 3.8) is 0 Å². The van der Waals surface area contributed by atoms with Crippen LogP contribution in [0, 0.1) is 17.8 Å². The van der Waals surface area contributed by atoms with Gasteiger partial charge in [0, 0.05) is 11.5 Å². The van der Waals surface area contributed by atoms with E-state index in [2.05, 4.69) is 36.1 Å². The number of hydrogen-bond donors (Lipinski definition) is 0. The highest BCUT2D eigenvalue weighted by atomic mass is 14.1. The van der Waals surface area contributed by atoms with Gasteiger partial charge in [0.25, 0.3) is 0 Å². The SMILES string of the molecule is C(#CC1C=CCCCC1)c1ccccc1. The normalized spacial score (nSPS) is 20.1. The van der Waals surface area contributed by atoms with Gasteiger partial charge in [-0.3, -0.25) is 0 Å². The van der Waals surface area contributed by atoms with Gasteiger partial charge in [0.05, 0.1) is 0 Å². The number of hydrogen-bond acceptors (Lipinski definition) is 0. The lowest BCUT2D eigenvalue weighted by molar-refractivity contribution is 0.658. The summed E-state index contributed by atoms with van der Waals surface area (Å²) < 4.78 is 0. The minimum atomic E-state index is 0.465. The highest BCUT2D eigenvalue weighted by molar-refractivity contribution is 5.34. The van der Waals surface area contributed by atoms with E-state index in [0.717, 1.165) is 5.56 Å². The third-order valence-electron chi connectivity index (χ3n) is 2.68. The first-order valence-electron chi connectivity index (χ1n) is 5.68. The zero-order valence-electron chi connectivity index (χ0n) is 8.95. The van der Waals surface area contributed by atoms with Gasteiger partial charge in [-0.15, -0.1) is 0 Å². The van der Waals surface area contributed by atoms with Gasteiger partial charge >= 0.3 is 0 Å². The molecule has 0 heterocycles. The predicted molar refractivity (Wildman–Crippen MR) is 64.4 cm³/mol. The van der Waals surface area contributed by atoms with Crippen LogP contribution in [-0.4, -0.2) is 0 Å². The summed E-state index contributed by atoms with van der Waals surface area (Å²) in [6.07, 6.45) is 9.61. The van der Waals surface area contributed by atoms with Gasteiger partial charge in [-0.2, -0.15) is 0 Å². The maximum absolute atomic E-state index is 3.34. The summed E-state index contributed by atoms with van der Waals surface area (Å²) in [5.74, 6) is 7.05. The molecule has 0 heteroatoms. The molecule has 0 aromatic heterocycles. The van der Waals surface area contributed by atoms with E-state index in [0.29, 0.717) is 5.92 Å². The maximum Gasteiger partial charge on any atom is 0.0386 e. The van der Waals surface area contributed by atoms with Crippen molar-refractivity contribution in [1.82, 2.24) is 0 Å². The summed E-state index contributed by atoms with van der Waals surface area (Å²) in [6.45, 7) is 0. The van der Waals surface area contributed by atoms with Gasteiger partial charge in [0.2, 0.25) is 0 Å². The molecule has 1 aliphatic rings. The minimum absolute atomic E-state index is 0.465. The number of rotatable bonds is 0. The fourth-order valence-electron chi connectivity index (χ4n) is 1.80. The smallest absolute Gasteiger partial charge is 0.0386 e. The molecule has 1 unspecified atom stereocenters. The average molecular weight is 196 g/mol. The standard InChI is InChI=1S/C15H16/c1-2-5-9-14(8-4-1)12-13-15-10-6-3-7-11-15/h3-4,6-8,10-11,14H,1-2,5,9H2. The molecule has 0 bridgehead atoms. The van der Waals surface area contributed by atoms with E-state index in [9.17, 15) is 0 Å². The van der Waals surface area contributed by atoms with Gasteiger partial charge in [0.15, 0.2) is 0 Å². The molecule has 1 aromatic carbocycles. The Morgan fingerprint density at radius 3 is 2.80 bits per heavy atom. The summed E-state index contributed by atoms with van der Waals surface area (Å²) in [5, 5.41) is 0. The lowest BCUT2D eigenvalue weighted by atomic mass is 10.0. The second-order valence-electron chi connectivity index (χ2n) is 3.95. The van der Waals surface area contributed by atoms with Crippen LogP contribution in [0.15, 0.2) is 42.5 Å². The molecule has 0 aliphatic heterocycles. The molecule has 0 radical (unpaired) electrons. The number of benzene rings is 1. The molecular weight excluding hydrogens is 180 g/mol. The molecule has 2 rings (SSSR count). The van der Waals surface area contributed by atoms with Crippen LogP contribution in [0.2, 0.25) is 0 Å². The van der Waals surface area contributed by atoms with E-state index in [1.807, 2.05) is 18.2 Å². The van der Waals surface area contributed by atoms with Crippen LogP contribution in [-0.2, 0) is 0 Å². The van der Waals surface area contributed by atoms with Crippen molar-refractivity contribution in [3.05, 3.63) is 48.0 Å². The molecule has 0 amide bonds. The van der Waals surface area contributed by atoms with Gasteiger partial charge < -0.3 is 0 Å². The molecule has 0 nitrogen and oxygen atoms in total. The van der Waals surface area contributed by atoms with Crippen LogP contribution >= 0.6 is 0 Å². The first-order valence-corrected chi connectivity index (χ1v) is 5.68. The summed E-state index contributed by atoms with van der Waals surface area (Å²) in [7, 11) is 0. The second-order valence-corrected chi connectivity index (χ2v) is 3.95. The van der Waals surface area contributed by atoms with E-state index in [4.69, 9.17) is 0 Å². The van der Waals surface area contributed by atoms with Crippen molar-refractivity contribution < 1.29 is 0 Å². The van der Waals surface area contributed by atoms with Crippen LogP contribution in [0.5, 0.6) is 0 Å². The Hall–Kier alpha value is -1.48.